The molecule has 0 saturated heterocycles. The summed E-state index contributed by atoms with van der Waals surface area (Å²) in [5.41, 5.74) is 2.39. The van der Waals surface area contributed by atoms with Crippen LogP contribution in [0.5, 0.6) is 5.75 Å². The van der Waals surface area contributed by atoms with Gasteiger partial charge in [0.2, 0.25) is 5.76 Å². The molecule has 0 bridgehead atoms. The molecule has 0 aliphatic carbocycles. The summed E-state index contributed by atoms with van der Waals surface area (Å²) in [7, 11) is 0. The van der Waals surface area contributed by atoms with Crippen LogP contribution in [-0.4, -0.2) is 24.2 Å². The zero-order chi connectivity index (χ0) is 17.6. The Morgan fingerprint density at radius 3 is 2.72 bits per heavy atom. The van der Waals surface area contributed by atoms with Crippen molar-refractivity contribution in [2.75, 3.05) is 13.2 Å². The van der Waals surface area contributed by atoms with Crippen LogP contribution >= 0.6 is 0 Å². The molecule has 3 aromatic rings. The molecule has 0 fully saturated rings. The Balaban J connectivity index is 1.54. The topological polar surface area (TPSA) is 71.7 Å². The van der Waals surface area contributed by atoms with Gasteiger partial charge in [-0.25, -0.2) is 4.79 Å². The van der Waals surface area contributed by atoms with E-state index in [9.17, 15) is 9.90 Å². The standard InChI is InChI=1S/C20H21NO4/c1-14-18-16(9-5-10-17(18)25-19(14)20(22)23)24-12-6-11-21-13-15-7-3-2-4-8-15/h2-5,7-10,21H,6,11-13H2,1H3,(H,22,23). The first-order chi connectivity index (χ1) is 12.2. The average Bonchev–Trinajstić information content (AvgIpc) is 2.97. The molecule has 25 heavy (non-hydrogen) atoms. The molecule has 130 valence electrons. The molecule has 0 aliphatic rings. The number of fused-ring (bicyclic) bond motifs is 1. The van der Waals surface area contributed by atoms with Crippen molar-refractivity contribution in [3.8, 4) is 5.75 Å². The fourth-order valence-electron chi connectivity index (χ4n) is 2.80. The monoisotopic (exact) mass is 339 g/mol. The van der Waals surface area contributed by atoms with Gasteiger partial charge in [0.25, 0.3) is 0 Å². The number of benzene rings is 2. The Morgan fingerprint density at radius 1 is 1.16 bits per heavy atom. The number of carbonyl (C=O) groups is 1. The molecule has 1 aromatic heterocycles. The van der Waals surface area contributed by atoms with Gasteiger partial charge in [-0.1, -0.05) is 36.4 Å². The van der Waals surface area contributed by atoms with Crippen LogP contribution in [0.25, 0.3) is 11.0 Å². The summed E-state index contributed by atoms with van der Waals surface area (Å²) in [5, 5.41) is 13.3. The Kier molecular flexibility index (Phi) is 5.36. The van der Waals surface area contributed by atoms with E-state index < -0.39 is 5.97 Å². The van der Waals surface area contributed by atoms with Crippen molar-refractivity contribution < 1.29 is 19.1 Å². The fourth-order valence-corrected chi connectivity index (χ4v) is 2.80. The van der Waals surface area contributed by atoms with Gasteiger partial charge in [-0.3, -0.25) is 0 Å². The van der Waals surface area contributed by atoms with E-state index in [4.69, 9.17) is 9.15 Å². The highest BCUT2D eigenvalue weighted by Gasteiger charge is 2.19. The number of aromatic carboxylic acids is 1. The fraction of sp³-hybridized carbons (Fsp3) is 0.250. The SMILES string of the molecule is Cc1c(C(=O)O)oc2cccc(OCCCNCc3ccccc3)c12. The molecule has 0 aliphatic heterocycles. The minimum atomic E-state index is -1.07. The van der Waals surface area contributed by atoms with E-state index in [1.807, 2.05) is 24.3 Å². The lowest BCUT2D eigenvalue weighted by atomic mass is 10.1. The molecule has 2 N–H and O–H groups in total. The Labute approximate surface area is 146 Å². The highest BCUT2D eigenvalue weighted by molar-refractivity contribution is 5.97. The number of furan rings is 1. The molecule has 2 aromatic carbocycles. The van der Waals surface area contributed by atoms with E-state index in [0.717, 1.165) is 24.9 Å². The van der Waals surface area contributed by atoms with Crippen LogP contribution in [0.2, 0.25) is 0 Å². The van der Waals surface area contributed by atoms with Crippen LogP contribution in [0.4, 0.5) is 0 Å². The number of rotatable bonds is 8. The highest BCUT2D eigenvalue weighted by Crippen LogP contribution is 2.33. The van der Waals surface area contributed by atoms with Crippen molar-refractivity contribution in [3.05, 3.63) is 65.4 Å². The normalized spacial score (nSPS) is 10.9. The predicted molar refractivity (Wildman–Crippen MR) is 96.2 cm³/mol. The molecule has 5 heteroatoms. The van der Waals surface area contributed by atoms with Crippen molar-refractivity contribution in [3.63, 3.8) is 0 Å². The summed E-state index contributed by atoms with van der Waals surface area (Å²) < 4.78 is 11.3. The van der Waals surface area contributed by atoms with E-state index >= 15 is 0 Å². The Hall–Kier alpha value is -2.79. The van der Waals surface area contributed by atoms with Crippen molar-refractivity contribution in [2.24, 2.45) is 0 Å². The quantitative estimate of drug-likeness (QED) is 0.607. The lowest BCUT2D eigenvalue weighted by molar-refractivity contribution is 0.0664. The molecular formula is C20H21NO4. The second-order valence-corrected chi connectivity index (χ2v) is 5.86. The van der Waals surface area contributed by atoms with Gasteiger partial charge in [-0.15, -0.1) is 0 Å². The summed E-state index contributed by atoms with van der Waals surface area (Å²) in [5.74, 6) is -0.436. The Morgan fingerprint density at radius 2 is 1.96 bits per heavy atom. The van der Waals surface area contributed by atoms with Gasteiger partial charge in [0, 0.05) is 12.1 Å². The van der Waals surface area contributed by atoms with E-state index in [1.54, 1.807) is 19.1 Å². The van der Waals surface area contributed by atoms with Crippen LogP contribution in [-0.2, 0) is 6.54 Å². The molecular weight excluding hydrogens is 318 g/mol. The van der Waals surface area contributed by atoms with E-state index in [2.05, 4.69) is 17.4 Å². The van der Waals surface area contributed by atoms with Crippen molar-refractivity contribution in [2.45, 2.75) is 19.9 Å². The van der Waals surface area contributed by atoms with Crippen LogP contribution in [0.1, 0.15) is 28.1 Å². The molecule has 0 amide bonds. The number of carboxylic acids is 1. The first-order valence-electron chi connectivity index (χ1n) is 8.29. The molecule has 0 atom stereocenters. The minimum absolute atomic E-state index is 0.0319. The van der Waals surface area contributed by atoms with Gasteiger partial charge >= 0.3 is 5.97 Å². The largest absolute Gasteiger partial charge is 0.493 e. The van der Waals surface area contributed by atoms with Crippen molar-refractivity contribution >= 4 is 16.9 Å². The van der Waals surface area contributed by atoms with Crippen LogP contribution < -0.4 is 10.1 Å². The number of carboxylic acid groups (broad SMARTS) is 1. The molecule has 1 heterocycles. The number of hydrogen-bond acceptors (Lipinski definition) is 4. The van der Waals surface area contributed by atoms with Crippen LogP contribution in [0.3, 0.4) is 0 Å². The summed E-state index contributed by atoms with van der Waals surface area (Å²) in [6.07, 6.45) is 0.853. The summed E-state index contributed by atoms with van der Waals surface area (Å²) in [6, 6.07) is 15.6. The van der Waals surface area contributed by atoms with Gasteiger partial charge in [-0.2, -0.15) is 0 Å². The van der Waals surface area contributed by atoms with Crippen molar-refractivity contribution in [1.82, 2.24) is 5.32 Å². The van der Waals surface area contributed by atoms with Gasteiger partial charge in [-0.05, 0) is 37.6 Å². The van der Waals surface area contributed by atoms with Gasteiger partial charge in [0.05, 0.1) is 12.0 Å². The summed E-state index contributed by atoms with van der Waals surface area (Å²) >= 11 is 0. The second-order valence-electron chi connectivity index (χ2n) is 5.86. The minimum Gasteiger partial charge on any atom is -0.493 e. The zero-order valence-corrected chi connectivity index (χ0v) is 14.1. The number of ether oxygens (including phenoxy) is 1. The first-order valence-corrected chi connectivity index (χ1v) is 8.29. The highest BCUT2D eigenvalue weighted by atomic mass is 16.5. The van der Waals surface area contributed by atoms with E-state index in [0.29, 0.717) is 23.5 Å². The molecule has 5 nitrogen and oxygen atoms in total. The Bertz CT molecular complexity index is 855. The third-order valence-corrected chi connectivity index (χ3v) is 4.04. The maximum atomic E-state index is 11.2. The molecule has 0 unspecified atom stereocenters. The second kappa shape index (κ2) is 7.85. The molecule has 0 saturated carbocycles. The first kappa shape index (κ1) is 17.0. The molecule has 0 radical (unpaired) electrons. The molecule has 3 rings (SSSR count). The average molecular weight is 339 g/mol. The predicted octanol–water partition coefficient (Wildman–Crippen LogP) is 4.00. The van der Waals surface area contributed by atoms with Gasteiger partial charge in [0.1, 0.15) is 11.3 Å². The number of aryl methyl sites for hydroxylation is 1. The van der Waals surface area contributed by atoms with E-state index in [1.165, 1.54) is 5.56 Å². The maximum absolute atomic E-state index is 11.2. The van der Waals surface area contributed by atoms with Gasteiger partial charge in [0.15, 0.2) is 0 Å². The lowest BCUT2D eigenvalue weighted by Crippen LogP contribution is -2.17. The van der Waals surface area contributed by atoms with Crippen LogP contribution in [0.15, 0.2) is 52.9 Å². The molecule has 0 spiro atoms. The van der Waals surface area contributed by atoms with Gasteiger partial charge < -0.3 is 19.6 Å². The van der Waals surface area contributed by atoms with E-state index in [-0.39, 0.29) is 5.76 Å². The summed E-state index contributed by atoms with van der Waals surface area (Å²) in [6.45, 7) is 3.96. The smallest absolute Gasteiger partial charge is 0.372 e. The number of hydrogen-bond donors (Lipinski definition) is 2. The third-order valence-electron chi connectivity index (χ3n) is 4.04. The third kappa shape index (κ3) is 4.00. The zero-order valence-electron chi connectivity index (χ0n) is 14.1. The van der Waals surface area contributed by atoms with Crippen LogP contribution in [0, 0.1) is 6.92 Å². The summed E-state index contributed by atoms with van der Waals surface area (Å²) in [4.78, 5) is 11.2. The van der Waals surface area contributed by atoms with Crippen molar-refractivity contribution in [1.29, 1.82) is 0 Å². The lowest BCUT2D eigenvalue weighted by Gasteiger charge is -2.08. The number of nitrogens with one attached hydrogen (secondary N) is 1. The maximum Gasteiger partial charge on any atom is 0.372 e.